The van der Waals surface area contributed by atoms with Crippen LogP contribution >= 0.6 is 11.3 Å². The van der Waals surface area contributed by atoms with E-state index in [2.05, 4.69) is 23.3 Å². The standard InChI is InChI=1S/C29H38FN3O2S/c1-21-20-32(16-17-33(21)28(35)10-9-22-5-2-3-6-22)27(34)12-15-31-14-11-26-25(13-18-36-26)29(31)23-7-4-8-24(30)19-23/h4,7-8,13,18-19,21-22,29H,2-3,5-6,9-12,14-17,20H2,1H3. The number of rotatable bonds is 7. The second kappa shape index (κ2) is 11.4. The van der Waals surface area contributed by atoms with Crippen LogP contribution in [0.3, 0.4) is 0 Å². The molecule has 5 nitrogen and oxygen atoms in total. The third-order valence-electron chi connectivity index (χ3n) is 8.38. The van der Waals surface area contributed by atoms with Crippen LogP contribution < -0.4 is 0 Å². The summed E-state index contributed by atoms with van der Waals surface area (Å²) in [7, 11) is 0. The number of fused-ring (bicyclic) bond motifs is 1. The molecule has 1 aromatic carbocycles. The Hall–Kier alpha value is -2.25. The first-order chi connectivity index (χ1) is 17.5. The third kappa shape index (κ3) is 5.67. The lowest BCUT2D eigenvalue weighted by molar-refractivity contribution is -0.142. The summed E-state index contributed by atoms with van der Waals surface area (Å²) < 4.78 is 14.1. The highest BCUT2D eigenvalue weighted by molar-refractivity contribution is 7.10. The average Bonchev–Trinajstić information content (AvgIpc) is 3.57. The van der Waals surface area contributed by atoms with Crippen molar-refractivity contribution in [2.45, 2.75) is 70.4 Å². The Kier molecular flexibility index (Phi) is 8.06. The van der Waals surface area contributed by atoms with E-state index in [1.807, 2.05) is 15.9 Å². The monoisotopic (exact) mass is 511 g/mol. The first-order valence-electron chi connectivity index (χ1n) is 13.6. The summed E-state index contributed by atoms with van der Waals surface area (Å²) in [5, 5.41) is 2.11. The molecule has 0 bridgehead atoms. The third-order valence-corrected chi connectivity index (χ3v) is 9.38. The zero-order valence-electron chi connectivity index (χ0n) is 21.3. The van der Waals surface area contributed by atoms with Gasteiger partial charge in [0.25, 0.3) is 0 Å². The van der Waals surface area contributed by atoms with Gasteiger partial charge in [-0.25, -0.2) is 4.39 Å². The van der Waals surface area contributed by atoms with Gasteiger partial charge in [0.1, 0.15) is 5.82 Å². The normalized spacial score (nSPS) is 23.2. The first kappa shape index (κ1) is 25.4. The molecule has 2 unspecified atom stereocenters. The van der Waals surface area contributed by atoms with Crippen LogP contribution in [0.4, 0.5) is 4.39 Å². The van der Waals surface area contributed by atoms with E-state index in [0.717, 1.165) is 30.9 Å². The Labute approximate surface area is 218 Å². The highest BCUT2D eigenvalue weighted by Crippen LogP contribution is 2.38. The van der Waals surface area contributed by atoms with Crippen LogP contribution in [-0.2, 0) is 16.0 Å². The maximum atomic E-state index is 14.1. The summed E-state index contributed by atoms with van der Waals surface area (Å²) in [6, 6.07) is 9.05. The van der Waals surface area contributed by atoms with Crippen molar-refractivity contribution in [3.05, 3.63) is 57.5 Å². The van der Waals surface area contributed by atoms with Crippen molar-refractivity contribution in [3.63, 3.8) is 0 Å². The molecule has 2 aromatic rings. The van der Waals surface area contributed by atoms with Crippen LogP contribution in [0.2, 0.25) is 0 Å². The summed E-state index contributed by atoms with van der Waals surface area (Å²) in [5.74, 6) is 0.895. The van der Waals surface area contributed by atoms with Gasteiger partial charge in [-0.05, 0) is 60.4 Å². The van der Waals surface area contributed by atoms with Crippen molar-refractivity contribution >= 4 is 23.2 Å². The number of thiophene rings is 1. The van der Waals surface area contributed by atoms with Crippen LogP contribution in [0, 0.1) is 11.7 Å². The molecule has 0 radical (unpaired) electrons. The van der Waals surface area contributed by atoms with Crippen molar-refractivity contribution in [1.29, 1.82) is 0 Å². The number of hydrogen-bond acceptors (Lipinski definition) is 4. The second-order valence-corrected chi connectivity index (χ2v) is 11.8. The second-order valence-electron chi connectivity index (χ2n) is 10.8. The molecule has 1 saturated carbocycles. The quantitative estimate of drug-likeness (QED) is 0.510. The van der Waals surface area contributed by atoms with E-state index in [-0.39, 0.29) is 29.7 Å². The topological polar surface area (TPSA) is 43.9 Å². The zero-order chi connectivity index (χ0) is 25.1. The number of halogens is 1. The predicted molar refractivity (Wildman–Crippen MR) is 141 cm³/mol. The van der Waals surface area contributed by atoms with Gasteiger partial charge >= 0.3 is 0 Å². The Morgan fingerprint density at radius 2 is 1.89 bits per heavy atom. The Balaban J connectivity index is 1.16. The number of hydrogen-bond donors (Lipinski definition) is 0. The first-order valence-corrected chi connectivity index (χ1v) is 14.5. The minimum Gasteiger partial charge on any atom is -0.339 e. The molecule has 5 rings (SSSR count). The summed E-state index contributed by atoms with van der Waals surface area (Å²) >= 11 is 1.76. The molecule has 194 valence electrons. The SMILES string of the molecule is CC1CN(C(=O)CCN2CCc3sccc3C2c2cccc(F)c2)CCN1C(=O)CCC1CCCC1. The molecule has 0 N–H and O–H groups in total. The van der Waals surface area contributed by atoms with Gasteiger partial charge in [-0.3, -0.25) is 14.5 Å². The van der Waals surface area contributed by atoms with Crippen molar-refractivity contribution in [2.75, 3.05) is 32.7 Å². The van der Waals surface area contributed by atoms with Crippen molar-refractivity contribution in [1.82, 2.24) is 14.7 Å². The van der Waals surface area contributed by atoms with Gasteiger partial charge in [0, 0.05) is 56.5 Å². The van der Waals surface area contributed by atoms with E-state index in [4.69, 9.17) is 0 Å². The number of amides is 2. The molecule has 2 aliphatic heterocycles. The minimum atomic E-state index is -0.226. The Morgan fingerprint density at radius 3 is 2.67 bits per heavy atom. The van der Waals surface area contributed by atoms with Gasteiger partial charge in [0.05, 0.1) is 6.04 Å². The molecule has 1 aromatic heterocycles. The lowest BCUT2D eigenvalue weighted by atomic mass is 9.93. The molecule has 2 atom stereocenters. The van der Waals surface area contributed by atoms with Gasteiger partial charge in [-0.2, -0.15) is 0 Å². The minimum absolute atomic E-state index is 0.0169. The molecule has 36 heavy (non-hydrogen) atoms. The molecular weight excluding hydrogens is 473 g/mol. The van der Waals surface area contributed by atoms with Gasteiger partial charge in [0.15, 0.2) is 0 Å². The fraction of sp³-hybridized carbons (Fsp3) is 0.586. The van der Waals surface area contributed by atoms with Crippen LogP contribution in [0.1, 0.15) is 73.9 Å². The maximum absolute atomic E-state index is 14.1. The molecule has 2 fully saturated rings. The van der Waals surface area contributed by atoms with E-state index in [1.54, 1.807) is 23.5 Å². The van der Waals surface area contributed by atoms with Gasteiger partial charge in [-0.15, -0.1) is 11.3 Å². The number of nitrogens with zero attached hydrogens (tertiary/aromatic N) is 3. The highest BCUT2D eigenvalue weighted by atomic mass is 32.1. The summed E-state index contributed by atoms with van der Waals surface area (Å²) in [6.07, 6.45) is 8.23. The van der Waals surface area contributed by atoms with Gasteiger partial charge in [-0.1, -0.05) is 37.8 Å². The zero-order valence-corrected chi connectivity index (χ0v) is 22.1. The molecule has 7 heteroatoms. The van der Waals surface area contributed by atoms with E-state index in [0.29, 0.717) is 39.0 Å². The molecule has 1 saturated heterocycles. The lowest BCUT2D eigenvalue weighted by Gasteiger charge is -2.41. The van der Waals surface area contributed by atoms with Crippen LogP contribution in [0.25, 0.3) is 0 Å². The number of carbonyl (C=O) groups is 2. The fourth-order valence-corrected chi connectivity index (χ4v) is 7.30. The molecule has 2 amide bonds. The number of benzene rings is 1. The summed E-state index contributed by atoms with van der Waals surface area (Å²) in [4.78, 5) is 33.6. The van der Waals surface area contributed by atoms with Crippen molar-refractivity contribution in [3.8, 4) is 0 Å². The Morgan fingerprint density at radius 1 is 1.06 bits per heavy atom. The molecule has 3 aliphatic rings. The molecule has 1 aliphatic carbocycles. The predicted octanol–water partition coefficient (Wildman–Crippen LogP) is 5.25. The molecule has 3 heterocycles. The van der Waals surface area contributed by atoms with E-state index >= 15 is 0 Å². The average molecular weight is 512 g/mol. The maximum Gasteiger partial charge on any atom is 0.223 e. The van der Waals surface area contributed by atoms with Crippen molar-refractivity contribution in [2.24, 2.45) is 5.92 Å². The fourth-order valence-electron chi connectivity index (χ4n) is 6.40. The molecular formula is C29H38FN3O2S. The van der Waals surface area contributed by atoms with E-state index in [9.17, 15) is 14.0 Å². The summed E-state index contributed by atoms with van der Waals surface area (Å²) in [6.45, 7) is 5.42. The number of piperazine rings is 1. The van der Waals surface area contributed by atoms with Crippen LogP contribution in [0.15, 0.2) is 35.7 Å². The Bertz CT molecular complexity index is 1070. The van der Waals surface area contributed by atoms with E-state index in [1.165, 1.54) is 42.2 Å². The smallest absolute Gasteiger partial charge is 0.223 e. The van der Waals surface area contributed by atoms with Gasteiger partial charge in [0.2, 0.25) is 11.8 Å². The highest BCUT2D eigenvalue weighted by Gasteiger charge is 2.33. The molecule has 0 spiro atoms. The van der Waals surface area contributed by atoms with Gasteiger partial charge < -0.3 is 9.80 Å². The van der Waals surface area contributed by atoms with Crippen LogP contribution in [0.5, 0.6) is 0 Å². The van der Waals surface area contributed by atoms with Crippen LogP contribution in [-0.4, -0.2) is 65.3 Å². The summed E-state index contributed by atoms with van der Waals surface area (Å²) in [5.41, 5.74) is 2.18. The number of carbonyl (C=O) groups excluding carboxylic acids is 2. The lowest BCUT2D eigenvalue weighted by Crippen LogP contribution is -2.55. The van der Waals surface area contributed by atoms with Crippen molar-refractivity contribution < 1.29 is 14.0 Å². The van der Waals surface area contributed by atoms with E-state index < -0.39 is 0 Å². The largest absolute Gasteiger partial charge is 0.339 e.